The van der Waals surface area contributed by atoms with Gasteiger partial charge in [-0.05, 0) is 25.1 Å². The van der Waals surface area contributed by atoms with Crippen molar-refractivity contribution in [3.63, 3.8) is 0 Å². The predicted molar refractivity (Wildman–Crippen MR) is 70.5 cm³/mol. The molecule has 1 unspecified atom stereocenters. The second kappa shape index (κ2) is 6.07. The third-order valence-electron chi connectivity index (χ3n) is 3.43. The van der Waals surface area contributed by atoms with Crippen LogP contribution in [-0.2, 0) is 11.3 Å². The zero-order chi connectivity index (χ0) is 13.0. The van der Waals surface area contributed by atoms with Gasteiger partial charge in [-0.1, -0.05) is 0 Å². The summed E-state index contributed by atoms with van der Waals surface area (Å²) in [7, 11) is 5.11. The van der Waals surface area contributed by atoms with E-state index in [2.05, 4.69) is 5.32 Å². The van der Waals surface area contributed by atoms with E-state index in [0.29, 0.717) is 12.5 Å². The van der Waals surface area contributed by atoms with E-state index in [1.165, 1.54) is 5.56 Å². The van der Waals surface area contributed by atoms with Gasteiger partial charge < -0.3 is 19.5 Å². The van der Waals surface area contributed by atoms with Gasteiger partial charge in [-0.25, -0.2) is 0 Å². The largest absolute Gasteiger partial charge is 0.496 e. The van der Waals surface area contributed by atoms with Gasteiger partial charge in [0.15, 0.2) is 0 Å². The Labute approximate surface area is 108 Å². The second-order valence-corrected chi connectivity index (χ2v) is 4.50. The Morgan fingerprint density at radius 3 is 2.61 bits per heavy atom. The van der Waals surface area contributed by atoms with Gasteiger partial charge in [0.2, 0.25) is 0 Å². The van der Waals surface area contributed by atoms with Gasteiger partial charge in [-0.15, -0.1) is 0 Å². The maximum atomic E-state index is 5.60. The van der Waals surface area contributed by atoms with Gasteiger partial charge in [0.25, 0.3) is 0 Å². The molecule has 0 aliphatic carbocycles. The molecule has 0 radical (unpaired) electrons. The average Bonchev–Trinajstić information content (AvgIpc) is 2.92. The molecular weight excluding hydrogens is 230 g/mol. The molecule has 100 valence electrons. The van der Waals surface area contributed by atoms with Crippen LogP contribution >= 0.6 is 0 Å². The van der Waals surface area contributed by atoms with Crippen LogP contribution in [0.4, 0.5) is 0 Å². The zero-order valence-corrected chi connectivity index (χ0v) is 11.3. The van der Waals surface area contributed by atoms with E-state index < -0.39 is 0 Å². The summed E-state index contributed by atoms with van der Waals surface area (Å²) in [5.74, 6) is 2.26. The standard InChI is InChI=1S/C14H21NO3/c1-16-9-11-4-5-12(17-2)13(14(11)18-3)10-6-7-15-8-10/h4-5,10,15H,6-9H2,1-3H3. The van der Waals surface area contributed by atoms with Crippen LogP contribution in [0.2, 0.25) is 0 Å². The number of hydrogen-bond acceptors (Lipinski definition) is 4. The molecular formula is C14H21NO3. The van der Waals surface area contributed by atoms with E-state index in [1.54, 1.807) is 21.3 Å². The highest BCUT2D eigenvalue weighted by Crippen LogP contribution is 2.40. The maximum Gasteiger partial charge on any atom is 0.131 e. The Morgan fingerprint density at radius 1 is 1.22 bits per heavy atom. The summed E-state index contributed by atoms with van der Waals surface area (Å²) in [5.41, 5.74) is 2.24. The Balaban J connectivity index is 2.46. The normalized spacial score (nSPS) is 18.9. The van der Waals surface area contributed by atoms with Crippen molar-refractivity contribution >= 4 is 0 Å². The summed E-state index contributed by atoms with van der Waals surface area (Å²) < 4.78 is 16.3. The minimum absolute atomic E-state index is 0.451. The van der Waals surface area contributed by atoms with Crippen molar-refractivity contribution in [2.75, 3.05) is 34.4 Å². The van der Waals surface area contributed by atoms with E-state index in [-0.39, 0.29) is 0 Å². The Kier molecular flexibility index (Phi) is 4.44. The SMILES string of the molecule is COCc1ccc(OC)c(C2CCNC2)c1OC. The van der Waals surface area contributed by atoms with Crippen LogP contribution < -0.4 is 14.8 Å². The molecule has 0 amide bonds. The van der Waals surface area contributed by atoms with Crippen molar-refractivity contribution in [3.05, 3.63) is 23.3 Å². The van der Waals surface area contributed by atoms with Crippen LogP contribution in [0.25, 0.3) is 0 Å². The minimum Gasteiger partial charge on any atom is -0.496 e. The van der Waals surface area contributed by atoms with Crippen molar-refractivity contribution < 1.29 is 14.2 Å². The van der Waals surface area contributed by atoms with Gasteiger partial charge in [0, 0.05) is 30.7 Å². The topological polar surface area (TPSA) is 39.7 Å². The van der Waals surface area contributed by atoms with Crippen molar-refractivity contribution in [1.29, 1.82) is 0 Å². The molecule has 4 nitrogen and oxygen atoms in total. The highest BCUT2D eigenvalue weighted by atomic mass is 16.5. The van der Waals surface area contributed by atoms with E-state index in [4.69, 9.17) is 14.2 Å². The van der Waals surface area contributed by atoms with Crippen LogP contribution in [0.1, 0.15) is 23.5 Å². The van der Waals surface area contributed by atoms with Gasteiger partial charge >= 0.3 is 0 Å². The molecule has 1 saturated heterocycles. The molecule has 1 aromatic carbocycles. The third-order valence-corrected chi connectivity index (χ3v) is 3.43. The summed E-state index contributed by atoms with van der Waals surface area (Å²) in [5, 5.41) is 3.38. The van der Waals surface area contributed by atoms with Gasteiger partial charge in [-0.3, -0.25) is 0 Å². The van der Waals surface area contributed by atoms with Crippen molar-refractivity contribution in [3.8, 4) is 11.5 Å². The van der Waals surface area contributed by atoms with E-state index in [0.717, 1.165) is 36.6 Å². The number of ether oxygens (including phenoxy) is 3. The maximum absolute atomic E-state index is 5.60. The van der Waals surface area contributed by atoms with E-state index in [1.807, 2.05) is 12.1 Å². The molecule has 0 bridgehead atoms. The lowest BCUT2D eigenvalue weighted by Crippen LogP contribution is -2.11. The van der Waals surface area contributed by atoms with Crippen LogP contribution in [0.3, 0.4) is 0 Å². The Bertz CT molecular complexity index is 400. The quantitative estimate of drug-likeness (QED) is 0.868. The van der Waals surface area contributed by atoms with Gasteiger partial charge in [-0.2, -0.15) is 0 Å². The molecule has 1 N–H and O–H groups in total. The first-order valence-corrected chi connectivity index (χ1v) is 6.25. The number of hydrogen-bond donors (Lipinski definition) is 1. The van der Waals surface area contributed by atoms with Crippen LogP contribution in [0.15, 0.2) is 12.1 Å². The molecule has 1 aliphatic heterocycles. The minimum atomic E-state index is 0.451. The molecule has 18 heavy (non-hydrogen) atoms. The molecule has 1 heterocycles. The fourth-order valence-corrected chi connectivity index (χ4v) is 2.60. The van der Waals surface area contributed by atoms with Gasteiger partial charge in [0.05, 0.1) is 20.8 Å². The predicted octanol–water partition coefficient (Wildman–Crippen LogP) is 1.93. The molecule has 1 aliphatic rings. The third kappa shape index (κ3) is 2.44. The lowest BCUT2D eigenvalue weighted by atomic mass is 9.94. The Morgan fingerprint density at radius 2 is 2.06 bits per heavy atom. The first kappa shape index (κ1) is 13.2. The number of rotatable bonds is 5. The van der Waals surface area contributed by atoms with Crippen molar-refractivity contribution in [2.45, 2.75) is 18.9 Å². The first-order chi connectivity index (χ1) is 8.81. The van der Waals surface area contributed by atoms with E-state index >= 15 is 0 Å². The highest BCUT2D eigenvalue weighted by molar-refractivity contribution is 5.52. The second-order valence-electron chi connectivity index (χ2n) is 4.50. The van der Waals surface area contributed by atoms with Gasteiger partial charge in [0.1, 0.15) is 11.5 Å². The summed E-state index contributed by atoms with van der Waals surface area (Å²) in [6.07, 6.45) is 1.11. The van der Waals surface area contributed by atoms with Crippen molar-refractivity contribution in [2.24, 2.45) is 0 Å². The molecule has 1 aromatic rings. The highest BCUT2D eigenvalue weighted by Gasteiger charge is 2.25. The lowest BCUT2D eigenvalue weighted by Gasteiger charge is -2.20. The monoisotopic (exact) mass is 251 g/mol. The lowest BCUT2D eigenvalue weighted by molar-refractivity contribution is 0.181. The first-order valence-electron chi connectivity index (χ1n) is 6.25. The molecule has 0 spiro atoms. The fourth-order valence-electron chi connectivity index (χ4n) is 2.60. The van der Waals surface area contributed by atoms with Crippen LogP contribution in [-0.4, -0.2) is 34.4 Å². The number of methoxy groups -OCH3 is 3. The zero-order valence-electron chi connectivity index (χ0n) is 11.3. The molecule has 0 aromatic heterocycles. The Hall–Kier alpha value is -1.26. The molecule has 0 saturated carbocycles. The number of benzene rings is 1. The fraction of sp³-hybridized carbons (Fsp3) is 0.571. The van der Waals surface area contributed by atoms with Crippen molar-refractivity contribution in [1.82, 2.24) is 5.32 Å². The van der Waals surface area contributed by atoms with Crippen LogP contribution in [0.5, 0.6) is 11.5 Å². The molecule has 2 rings (SSSR count). The summed E-state index contributed by atoms with van der Waals surface area (Å²) in [6.45, 7) is 2.58. The molecule has 1 atom stereocenters. The molecule has 4 heteroatoms. The summed E-state index contributed by atoms with van der Waals surface area (Å²) in [4.78, 5) is 0. The average molecular weight is 251 g/mol. The molecule has 1 fully saturated rings. The summed E-state index contributed by atoms with van der Waals surface area (Å²) >= 11 is 0. The number of nitrogens with one attached hydrogen (secondary N) is 1. The van der Waals surface area contributed by atoms with E-state index in [9.17, 15) is 0 Å². The smallest absolute Gasteiger partial charge is 0.131 e. The van der Waals surface area contributed by atoms with Crippen LogP contribution in [0, 0.1) is 0 Å². The summed E-state index contributed by atoms with van der Waals surface area (Å²) in [6, 6.07) is 4.01.